The molecule has 0 N–H and O–H groups in total. The number of nitriles is 1. The second-order valence-corrected chi connectivity index (χ2v) is 6.05. The molecule has 2 aromatic carbocycles. The number of hydrogen-bond acceptors (Lipinski definition) is 4. The fourth-order valence-corrected chi connectivity index (χ4v) is 2.84. The molecule has 0 aliphatic carbocycles. The van der Waals surface area contributed by atoms with Crippen molar-refractivity contribution in [2.24, 2.45) is 0 Å². The van der Waals surface area contributed by atoms with E-state index in [1.165, 1.54) is 0 Å². The van der Waals surface area contributed by atoms with Crippen molar-refractivity contribution in [3.05, 3.63) is 82.7 Å². The molecule has 0 saturated carbocycles. The Hall–Kier alpha value is -3.39. The van der Waals surface area contributed by atoms with Crippen molar-refractivity contribution in [3.63, 3.8) is 0 Å². The smallest absolute Gasteiger partial charge is 0.310 e. The first-order valence-corrected chi connectivity index (χ1v) is 8.33. The van der Waals surface area contributed by atoms with Crippen LogP contribution in [0.1, 0.15) is 28.1 Å². The summed E-state index contributed by atoms with van der Waals surface area (Å²) in [4.78, 5) is 12.3. The van der Waals surface area contributed by atoms with Gasteiger partial charge in [-0.25, -0.2) is 4.68 Å². The van der Waals surface area contributed by atoms with Crippen LogP contribution in [0.3, 0.4) is 0 Å². The Morgan fingerprint density at radius 2 is 1.92 bits per heavy atom. The first-order chi connectivity index (χ1) is 12.6. The maximum Gasteiger partial charge on any atom is 0.310 e. The summed E-state index contributed by atoms with van der Waals surface area (Å²) in [5.74, 6) is -0.314. The molecule has 3 rings (SSSR count). The molecule has 0 bridgehead atoms. The van der Waals surface area contributed by atoms with Crippen molar-refractivity contribution in [2.45, 2.75) is 26.9 Å². The summed E-state index contributed by atoms with van der Waals surface area (Å²) in [5.41, 5.74) is 4.93. The minimum atomic E-state index is -0.314. The van der Waals surface area contributed by atoms with Gasteiger partial charge in [-0.3, -0.25) is 4.79 Å². The van der Waals surface area contributed by atoms with Crippen molar-refractivity contribution in [1.82, 2.24) is 9.78 Å². The lowest BCUT2D eigenvalue weighted by molar-refractivity contribution is -0.144. The minimum Gasteiger partial charge on any atom is -0.461 e. The van der Waals surface area contributed by atoms with Crippen molar-refractivity contribution >= 4 is 5.97 Å². The van der Waals surface area contributed by atoms with Crippen molar-refractivity contribution in [1.29, 1.82) is 5.26 Å². The summed E-state index contributed by atoms with van der Waals surface area (Å²) in [6.45, 7) is 4.00. The van der Waals surface area contributed by atoms with E-state index < -0.39 is 0 Å². The maximum atomic E-state index is 12.3. The van der Waals surface area contributed by atoms with E-state index in [0.717, 1.165) is 28.2 Å². The van der Waals surface area contributed by atoms with E-state index in [-0.39, 0.29) is 19.0 Å². The van der Waals surface area contributed by atoms with Crippen LogP contribution in [-0.4, -0.2) is 15.7 Å². The molecule has 0 unspecified atom stereocenters. The van der Waals surface area contributed by atoms with Crippen LogP contribution >= 0.6 is 0 Å². The van der Waals surface area contributed by atoms with Gasteiger partial charge in [0.1, 0.15) is 6.61 Å². The number of ether oxygens (including phenoxy) is 1. The van der Waals surface area contributed by atoms with Gasteiger partial charge in [0.25, 0.3) is 0 Å². The number of carbonyl (C=O) groups is 1. The van der Waals surface area contributed by atoms with Crippen LogP contribution in [-0.2, 0) is 22.6 Å². The second kappa shape index (κ2) is 7.66. The number of nitrogens with zero attached hydrogens (tertiary/aromatic N) is 3. The molecule has 0 amide bonds. The lowest BCUT2D eigenvalue weighted by atomic mass is 10.1. The third-order valence-electron chi connectivity index (χ3n) is 4.22. The topological polar surface area (TPSA) is 67.9 Å². The first kappa shape index (κ1) is 17.4. The zero-order chi connectivity index (χ0) is 18.5. The standard InChI is InChI=1S/C21H19N3O2/c1-15-20(16(2)24(23-15)19-9-4-3-5-10-19)12-21(25)26-14-18-8-6-7-17(11-18)13-22/h3-11H,12,14H2,1-2H3. The van der Waals surface area contributed by atoms with Gasteiger partial charge in [0.2, 0.25) is 0 Å². The molecule has 0 atom stereocenters. The average Bonchev–Trinajstić information content (AvgIpc) is 2.95. The van der Waals surface area contributed by atoms with Crippen LogP contribution in [0.2, 0.25) is 0 Å². The van der Waals surface area contributed by atoms with Crippen LogP contribution in [0.4, 0.5) is 0 Å². The van der Waals surface area contributed by atoms with Gasteiger partial charge in [0.15, 0.2) is 0 Å². The van der Waals surface area contributed by atoms with Gasteiger partial charge >= 0.3 is 5.97 Å². The van der Waals surface area contributed by atoms with Gasteiger partial charge in [-0.1, -0.05) is 30.3 Å². The Balaban J connectivity index is 1.70. The van der Waals surface area contributed by atoms with Gasteiger partial charge in [-0.05, 0) is 43.7 Å². The highest BCUT2D eigenvalue weighted by Gasteiger charge is 2.16. The SMILES string of the molecule is Cc1nn(-c2ccccc2)c(C)c1CC(=O)OCc1cccc(C#N)c1. The van der Waals surface area contributed by atoms with E-state index in [9.17, 15) is 4.79 Å². The van der Waals surface area contributed by atoms with E-state index >= 15 is 0 Å². The Labute approximate surface area is 152 Å². The van der Waals surface area contributed by atoms with Crippen LogP contribution in [0, 0.1) is 25.2 Å². The van der Waals surface area contributed by atoms with Crippen LogP contribution in [0.25, 0.3) is 5.69 Å². The highest BCUT2D eigenvalue weighted by atomic mass is 16.5. The Morgan fingerprint density at radius 1 is 1.15 bits per heavy atom. The van der Waals surface area contributed by atoms with E-state index in [0.29, 0.717) is 5.56 Å². The molecule has 26 heavy (non-hydrogen) atoms. The van der Waals surface area contributed by atoms with Gasteiger partial charge in [0.05, 0.1) is 29.4 Å². The molecular weight excluding hydrogens is 326 g/mol. The maximum absolute atomic E-state index is 12.3. The van der Waals surface area contributed by atoms with E-state index in [4.69, 9.17) is 10.00 Å². The third kappa shape index (κ3) is 3.81. The van der Waals surface area contributed by atoms with E-state index in [2.05, 4.69) is 11.2 Å². The highest BCUT2D eigenvalue weighted by Crippen LogP contribution is 2.19. The zero-order valence-electron chi connectivity index (χ0n) is 14.8. The number of hydrogen-bond donors (Lipinski definition) is 0. The van der Waals surface area contributed by atoms with Gasteiger partial charge in [0, 0.05) is 11.3 Å². The number of rotatable bonds is 5. The molecule has 3 aromatic rings. The summed E-state index contributed by atoms with van der Waals surface area (Å²) in [6, 6.07) is 18.9. The normalized spacial score (nSPS) is 10.3. The number of aryl methyl sites for hydroxylation is 1. The number of para-hydroxylation sites is 1. The zero-order valence-corrected chi connectivity index (χ0v) is 14.8. The summed E-state index contributed by atoms with van der Waals surface area (Å²) in [6.07, 6.45) is 0.169. The summed E-state index contributed by atoms with van der Waals surface area (Å²) >= 11 is 0. The molecule has 0 radical (unpaired) electrons. The number of aromatic nitrogens is 2. The molecule has 0 aliphatic rings. The molecule has 1 heterocycles. The monoisotopic (exact) mass is 345 g/mol. The summed E-state index contributed by atoms with van der Waals surface area (Å²) in [7, 11) is 0. The second-order valence-electron chi connectivity index (χ2n) is 6.05. The van der Waals surface area contributed by atoms with Crippen LogP contribution < -0.4 is 0 Å². The van der Waals surface area contributed by atoms with Crippen molar-refractivity contribution in [2.75, 3.05) is 0 Å². The Bertz CT molecular complexity index is 969. The van der Waals surface area contributed by atoms with Crippen LogP contribution in [0.15, 0.2) is 54.6 Å². The van der Waals surface area contributed by atoms with Crippen molar-refractivity contribution in [3.8, 4) is 11.8 Å². The molecule has 1 aromatic heterocycles. The molecule has 5 heteroatoms. The lowest BCUT2D eigenvalue weighted by Gasteiger charge is -2.07. The number of benzene rings is 2. The number of esters is 1. The molecule has 0 saturated heterocycles. The summed E-state index contributed by atoms with van der Waals surface area (Å²) in [5, 5.41) is 13.5. The summed E-state index contributed by atoms with van der Waals surface area (Å²) < 4.78 is 7.21. The van der Waals surface area contributed by atoms with Gasteiger partial charge in [-0.2, -0.15) is 10.4 Å². The molecule has 0 aliphatic heterocycles. The molecule has 0 fully saturated rings. The largest absolute Gasteiger partial charge is 0.461 e. The fraction of sp³-hybridized carbons (Fsp3) is 0.190. The predicted octanol–water partition coefficient (Wildman–Crippen LogP) is 3.65. The quantitative estimate of drug-likeness (QED) is 0.662. The van der Waals surface area contributed by atoms with Crippen molar-refractivity contribution < 1.29 is 9.53 Å². The lowest BCUT2D eigenvalue weighted by Crippen LogP contribution is -2.09. The average molecular weight is 345 g/mol. The number of carbonyl (C=O) groups excluding carboxylic acids is 1. The van der Waals surface area contributed by atoms with Gasteiger partial charge in [-0.15, -0.1) is 0 Å². The minimum absolute atomic E-state index is 0.152. The van der Waals surface area contributed by atoms with Crippen LogP contribution in [0.5, 0.6) is 0 Å². The first-order valence-electron chi connectivity index (χ1n) is 8.33. The molecule has 0 spiro atoms. The fourth-order valence-electron chi connectivity index (χ4n) is 2.84. The Kier molecular flexibility index (Phi) is 5.14. The Morgan fingerprint density at radius 3 is 2.65 bits per heavy atom. The van der Waals surface area contributed by atoms with E-state index in [1.807, 2.05) is 54.9 Å². The molecule has 130 valence electrons. The molecule has 5 nitrogen and oxygen atoms in total. The molecular formula is C21H19N3O2. The highest BCUT2D eigenvalue weighted by molar-refractivity contribution is 5.73. The van der Waals surface area contributed by atoms with Gasteiger partial charge < -0.3 is 4.74 Å². The predicted molar refractivity (Wildman–Crippen MR) is 97.7 cm³/mol. The third-order valence-corrected chi connectivity index (χ3v) is 4.22. The van der Waals surface area contributed by atoms with E-state index in [1.54, 1.807) is 18.2 Å².